The van der Waals surface area contributed by atoms with E-state index in [0.717, 1.165) is 38.8 Å². The average Bonchev–Trinajstić information content (AvgIpc) is 2.37. The standard InChI is InChI=1S/C13H26N2O3/c1-11(3-2-9-16)15-13(17)6-10-18-12-4-7-14-8-5-12/h11-12,14,16H,2-10H2,1H3,(H,15,17). The summed E-state index contributed by atoms with van der Waals surface area (Å²) in [6, 6.07) is 0.128. The van der Waals surface area contributed by atoms with Gasteiger partial charge in [-0.2, -0.15) is 0 Å². The lowest BCUT2D eigenvalue weighted by Gasteiger charge is -2.23. The maximum atomic E-state index is 11.6. The number of hydrogen-bond acceptors (Lipinski definition) is 4. The van der Waals surface area contributed by atoms with Gasteiger partial charge >= 0.3 is 0 Å². The fraction of sp³-hybridized carbons (Fsp3) is 0.923. The number of aliphatic hydroxyl groups is 1. The van der Waals surface area contributed by atoms with Crippen LogP contribution >= 0.6 is 0 Å². The molecule has 1 rings (SSSR count). The van der Waals surface area contributed by atoms with Crippen molar-refractivity contribution >= 4 is 5.91 Å². The van der Waals surface area contributed by atoms with Crippen LogP contribution < -0.4 is 10.6 Å². The van der Waals surface area contributed by atoms with Crippen LogP contribution in [-0.4, -0.2) is 49.5 Å². The van der Waals surface area contributed by atoms with Gasteiger partial charge in [0.1, 0.15) is 0 Å². The van der Waals surface area contributed by atoms with Crippen molar-refractivity contribution in [2.24, 2.45) is 0 Å². The summed E-state index contributed by atoms with van der Waals surface area (Å²) in [4.78, 5) is 11.6. The Morgan fingerprint density at radius 3 is 2.89 bits per heavy atom. The van der Waals surface area contributed by atoms with Gasteiger partial charge in [-0.3, -0.25) is 4.79 Å². The summed E-state index contributed by atoms with van der Waals surface area (Å²) in [5, 5.41) is 14.9. The predicted octanol–water partition coefficient (Wildman–Crippen LogP) is 0.422. The monoisotopic (exact) mass is 258 g/mol. The Morgan fingerprint density at radius 2 is 2.22 bits per heavy atom. The summed E-state index contributed by atoms with van der Waals surface area (Å²) in [6.07, 6.45) is 4.35. The van der Waals surface area contributed by atoms with Gasteiger partial charge in [0.25, 0.3) is 0 Å². The second kappa shape index (κ2) is 9.30. The van der Waals surface area contributed by atoms with E-state index in [1.54, 1.807) is 0 Å². The number of amides is 1. The zero-order valence-corrected chi connectivity index (χ0v) is 11.3. The number of rotatable bonds is 8. The van der Waals surface area contributed by atoms with Gasteiger partial charge in [-0.1, -0.05) is 0 Å². The molecule has 1 fully saturated rings. The van der Waals surface area contributed by atoms with E-state index in [1.807, 2.05) is 6.92 Å². The lowest BCUT2D eigenvalue weighted by Crippen LogP contribution is -2.35. The largest absolute Gasteiger partial charge is 0.396 e. The molecule has 1 aliphatic rings. The zero-order valence-electron chi connectivity index (χ0n) is 11.3. The summed E-state index contributed by atoms with van der Waals surface area (Å²) in [5.41, 5.74) is 0. The summed E-state index contributed by atoms with van der Waals surface area (Å²) in [6.45, 7) is 4.66. The van der Waals surface area contributed by atoms with Crippen LogP contribution in [0.5, 0.6) is 0 Å². The minimum Gasteiger partial charge on any atom is -0.396 e. The summed E-state index contributed by atoms with van der Waals surface area (Å²) < 4.78 is 5.68. The van der Waals surface area contributed by atoms with Crippen LogP contribution in [0.2, 0.25) is 0 Å². The molecule has 0 aromatic rings. The SMILES string of the molecule is CC(CCCO)NC(=O)CCOC1CCNCC1. The fourth-order valence-electron chi connectivity index (χ4n) is 2.10. The van der Waals surface area contributed by atoms with Gasteiger partial charge in [-0.15, -0.1) is 0 Å². The molecule has 0 bridgehead atoms. The Hall–Kier alpha value is -0.650. The molecule has 1 heterocycles. The van der Waals surface area contributed by atoms with Crippen LogP contribution in [0, 0.1) is 0 Å². The van der Waals surface area contributed by atoms with E-state index in [9.17, 15) is 4.79 Å². The van der Waals surface area contributed by atoms with Crippen molar-refractivity contribution in [2.45, 2.75) is 51.2 Å². The molecule has 0 aliphatic carbocycles. The average molecular weight is 258 g/mol. The molecule has 0 saturated carbocycles. The molecule has 5 heteroatoms. The highest BCUT2D eigenvalue weighted by atomic mass is 16.5. The van der Waals surface area contributed by atoms with E-state index in [4.69, 9.17) is 9.84 Å². The summed E-state index contributed by atoms with van der Waals surface area (Å²) >= 11 is 0. The zero-order chi connectivity index (χ0) is 13.2. The molecule has 18 heavy (non-hydrogen) atoms. The third-order valence-corrected chi connectivity index (χ3v) is 3.17. The van der Waals surface area contributed by atoms with E-state index in [1.165, 1.54) is 0 Å². The highest BCUT2D eigenvalue weighted by molar-refractivity contribution is 5.76. The lowest BCUT2D eigenvalue weighted by atomic mass is 10.1. The number of aliphatic hydroxyl groups excluding tert-OH is 1. The summed E-state index contributed by atoms with van der Waals surface area (Å²) in [5.74, 6) is 0.0365. The van der Waals surface area contributed by atoms with E-state index < -0.39 is 0 Å². The summed E-state index contributed by atoms with van der Waals surface area (Å²) in [7, 11) is 0. The third-order valence-electron chi connectivity index (χ3n) is 3.17. The fourth-order valence-corrected chi connectivity index (χ4v) is 2.10. The van der Waals surface area contributed by atoms with Crippen LogP contribution in [0.3, 0.4) is 0 Å². The molecule has 1 saturated heterocycles. The molecule has 5 nitrogen and oxygen atoms in total. The van der Waals surface area contributed by atoms with Crippen LogP contribution in [0.25, 0.3) is 0 Å². The number of ether oxygens (including phenoxy) is 1. The topological polar surface area (TPSA) is 70.6 Å². The number of nitrogens with one attached hydrogen (secondary N) is 2. The van der Waals surface area contributed by atoms with Crippen molar-refractivity contribution < 1.29 is 14.6 Å². The first-order chi connectivity index (χ1) is 8.72. The van der Waals surface area contributed by atoms with Crippen molar-refractivity contribution in [1.82, 2.24) is 10.6 Å². The Kier molecular flexibility index (Phi) is 7.96. The van der Waals surface area contributed by atoms with Crippen molar-refractivity contribution in [3.8, 4) is 0 Å². The Balaban J connectivity index is 2.01. The van der Waals surface area contributed by atoms with Crippen LogP contribution in [0.15, 0.2) is 0 Å². The molecule has 3 N–H and O–H groups in total. The van der Waals surface area contributed by atoms with Gasteiger partial charge in [0, 0.05) is 19.1 Å². The van der Waals surface area contributed by atoms with Crippen LogP contribution in [-0.2, 0) is 9.53 Å². The molecular formula is C13H26N2O3. The van der Waals surface area contributed by atoms with Gasteiger partial charge in [0.2, 0.25) is 5.91 Å². The van der Waals surface area contributed by atoms with Crippen LogP contribution in [0.1, 0.15) is 39.0 Å². The maximum Gasteiger partial charge on any atom is 0.222 e. The normalized spacial score (nSPS) is 18.6. The quantitative estimate of drug-likeness (QED) is 0.590. The van der Waals surface area contributed by atoms with E-state index in [0.29, 0.717) is 19.1 Å². The van der Waals surface area contributed by atoms with E-state index in [2.05, 4.69) is 10.6 Å². The first-order valence-corrected chi connectivity index (χ1v) is 6.95. The first kappa shape index (κ1) is 15.4. The molecule has 0 radical (unpaired) electrons. The van der Waals surface area contributed by atoms with E-state index >= 15 is 0 Å². The van der Waals surface area contributed by atoms with Crippen molar-refractivity contribution in [3.05, 3.63) is 0 Å². The molecule has 0 spiro atoms. The van der Waals surface area contributed by atoms with Gasteiger partial charge in [0.05, 0.1) is 12.7 Å². The number of hydrogen-bond donors (Lipinski definition) is 3. The van der Waals surface area contributed by atoms with E-state index in [-0.39, 0.29) is 18.6 Å². The van der Waals surface area contributed by atoms with Gasteiger partial charge in [-0.05, 0) is 45.7 Å². The van der Waals surface area contributed by atoms with Crippen molar-refractivity contribution in [2.75, 3.05) is 26.3 Å². The maximum absolute atomic E-state index is 11.6. The second-order valence-electron chi connectivity index (χ2n) is 4.90. The van der Waals surface area contributed by atoms with Crippen LogP contribution in [0.4, 0.5) is 0 Å². The third kappa shape index (κ3) is 6.93. The number of carbonyl (C=O) groups excluding carboxylic acids is 1. The van der Waals surface area contributed by atoms with Gasteiger partial charge < -0.3 is 20.5 Å². The van der Waals surface area contributed by atoms with Crippen molar-refractivity contribution in [1.29, 1.82) is 0 Å². The molecule has 0 aromatic heterocycles. The number of carbonyl (C=O) groups is 1. The molecule has 106 valence electrons. The molecule has 1 aliphatic heterocycles. The Bertz CT molecular complexity index is 230. The van der Waals surface area contributed by atoms with Gasteiger partial charge in [-0.25, -0.2) is 0 Å². The lowest BCUT2D eigenvalue weighted by molar-refractivity contribution is -0.123. The Labute approximate surface area is 109 Å². The highest BCUT2D eigenvalue weighted by Crippen LogP contribution is 2.07. The van der Waals surface area contributed by atoms with Gasteiger partial charge in [0.15, 0.2) is 0 Å². The molecule has 0 aromatic carbocycles. The Morgan fingerprint density at radius 1 is 1.50 bits per heavy atom. The molecule has 1 unspecified atom stereocenters. The van der Waals surface area contributed by atoms with Crippen molar-refractivity contribution in [3.63, 3.8) is 0 Å². The smallest absolute Gasteiger partial charge is 0.222 e. The highest BCUT2D eigenvalue weighted by Gasteiger charge is 2.14. The number of piperidine rings is 1. The first-order valence-electron chi connectivity index (χ1n) is 6.95. The minimum absolute atomic E-state index is 0.0365. The predicted molar refractivity (Wildman–Crippen MR) is 70.4 cm³/mol. The molecule has 1 atom stereocenters. The minimum atomic E-state index is 0.0365. The second-order valence-corrected chi connectivity index (χ2v) is 4.90. The molecular weight excluding hydrogens is 232 g/mol. The molecule has 1 amide bonds.